The first-order chi connectivity index (χ1) is 11.0. The van der Waals surface area contributed by atoms with Crippen LogP contribution in [0, 0.1) is 0 Å². The molecule has 2 amide bonds. The number of nitrogens with zero attached hydrogens (tertiary/aromatic N) is 1. The number of benzene rings is 1. The minimum Gasteiger partial charge on any atom is -0.464 e. The lowest BCUT2D eigenvalue weighted by Crippen LogP contribution is -2.47. The van der Waals surface area contributed by atoms with Crippen LogP contribution >= 0.6 is 23.2 Å². The topological polar surface area (TPSA) is 63.7 Å². The van der Waals surface area contributed by atoms with Gasteiger partial charge in [0.1, 0.15) is 16.1 Å². The average Bonchev–Trinajstić information content (AvgIpc) is 2.75. The van der Waals surface area contributed by atoms with Crippen LogP contribution in [0.3, 0.4) is 0 Å². The van der Waals surface area contributed by atoms with Crippen molar-refractivity contribution in [3.8, 4) is 0 Å². The molecule has 2 rings (SSSR count). The van der Waals surface area contributed by atoms with E-state index < -0.39 is 23.8 Å². The molecule has 0 aromatic heterocycles. The van der Waals surface area contributed by atoms with Crippen molar-refractivity contribution < 1.29 is 19.1 Å². The lowest BCUT2D eigenvalue weighted by Gasteiger charge is -2.24. The van der Waals surface area contributed by atoms with Gasteiger partial charge in [-0.3, -0.25) is 14.5 Å². The maximum absolute atomic E-state index is 12.3. The summed E-state index contributed by atoms with van der Waals surface area (Å²) in [5.74, 6) is -2.22. The Hall–Kier alpha value is -1.85. The number of rotatable bonds is 6. The van der Waals surface area contributed by atoms with E-state index in [0.717, 1.165) is 10.5 Å². The minimum atomic E-state index is -1.10. The number of hydrogen-bond donors (Lipinski definition) is 0. The van der Waals surface area contributed by atoms with Gasteiger partial charge in [0.2, 0.25) is 0 Å². The third-order valence-corrected chi connectivity index (χ3v) is 4.11. The van der Waals surface area contributed by atoms with Gasteiger partial charge in [0.05, 0.1) is 6.61 Å². The normalized spacial score (nSPS) is 16.0. The summed E-state index contributed by atoms with van der Waals surface area (Å²) < 4.78 is 5.12. The number of carbonyl (C=O) groups excluding carboxylic acids is 3. The number of ether oxygens (including phenoxy) is 1. The Morgan fingerprint density at radius 1 is 1.13 bits per heavy atom. The van der Waals surface area contributed by atoms with Gasteiger partial charge in [-0.25, -0.2) is 4.79 Å². The molecule has 0 unspecified atom stereocenters. The number of esters is 1. The smallest absolute Gasteiger partial charge is 0.329 e. The fraction of sp³-hybridized carbons (Fsp3) is 0.312. The molecule has 0 saturated carbocycles. The first kappa shape index (κ1) is 17.5. The molecule has 5 nitrogen and oxygen atoms in total. The second-order valence-corrected chi connectivity index (χ2v) is 5.74. The van der Waals surface area contributed by atoms with Crippen LogP contribution in [0.4, 0.5) is 0 Å². The SMILES string of the molecule is CCCOC(=O)[C@H](Cc1ccccc1)N1C(=O)C(Cl)=C(Cl)C1=O. The fourth-order valence-electron chi connectivity index (χ4n) is 2.19. The quantitative estimate of drug-likeness (QED) is 0.581. The van der Waals surface area contributed by atoms with Crippen LogP contribution in [0.1, 0.15) is 18.9 Å². The molecule has 0 radical (unpaired) electrons. The van der Waals surface area contributed by atoms with Crippen molar-refractivity contribution in [2.45, 2.75) is 25.8 Å². The fourth-order valence-corrected chi connectivity index (χ4v) is 2.53. The van der Waals surface area contributed by atoms with Gasteiger partial charge in [-0.1, -0.05) is 60.5 Å². The molecule has 0 aliphatic carbocycles. The number of imide groups is 1. The monoisotopic (exact) mass is 355 g/mol. The molecule has 0 fully saturated rings. The molecule has 0 spiro atoms. The summed E-state index contributed by atoms with van der Waals surface area (Å²) in [6.45, 7) is 2.05. The number of hydrogen-bond acceptors (Lipinski definition) is 4. The lowest BCUT2D eigenvalue weighted by molar-refractivity contribution is -0.157. The molecule has 1 heterocycles. The third-order valence-electron chi connectivity index (χ3n) is 3.31. The van der Waals surface area contributed by atoms with E-state index in [4.69, 9.17) is 27.9 Å². The van der Waals surface area contributed by atoms with Crippen molar-refractivity contribution >= 4 is 41.0 Å². The van der Waals surface area contributed by atoms with Gasteiger partial charge in [-0.15, -0.1) is 0 Å². The van der Waals surface area contributed by atoms with Gasteiger partial charge in [-0.2, -0.15) is 0 Å². The molecule has 23 heavy (non-hydrogen) atoms. The highest BCUT2D eigenvalue weighted by atomic mass is 35.5. The van der Waals surface area contributed by atoms with Crippen molar-refractivity contribution in [1.82, 2.24) is 4.90 Å². The first-order valence-corrected chi connectivity index (χ1v) is 7.86. The number of carbonyl (C=O) groups is 3. The standard InChI is InChI=1S/C16H15Cl2NO4/c1-2-8-23-16(22)11(9-10-6-4-3-5-7-10)19-14(20)12(17)13(18)15(19)21/h3-7,11H,2,8-9H2,1H3/t11-/m0/s1. The lowest BCUT2D eigenvalue weighted by atomic mass is 10.0. The predicted octanol–water partition coefficient (Wildman–Crippen LogP) is 2.61. The molecule has 0 N–H and O–H groups in total. The maximum Gasteiger partial charge on any atom is 0.329 e. The van der Waals surface area contributed by atoms with Crippen LogP contribution < -0.4 is 0 Å². The van der Waals surface area contributed by atoms with Crippen LogP contribution in [0.15, 0.2) is 40.4 Å². The summed E-state index contributed by atoms with van der Waals surface area (Å²) in [6, 6.07) is 7.92. The highest BCUT2D eigenvalue weighted by Gasteiger charge is 2.44. The van der Waals surface area contributed by atoms with Gasteiger partial charge in [-0.05, 0) is 12.0 Å². The zero-order valence-electron chi connectivity index (χ0n) is 12.4. The summed E-state index contributed by atoms with van der Waals surface area (Å²) in [6.07, 6.45) is 0.765. The van der Waals surface area contributed by atoms with E-state index in [-0.39, 0.29) is 23.1 Å². The molecule has 1 aliphatic heterocycles. The molecular weight excluding hydrogens is 341 g/mol. The van der Waals surface area contributed by atoms with Crippen LogP contribution in [-0.4, -0.2) is 35.3 Å². The van der Waals surface area contributed by atoms with E-state index in [2.05, 4.69) is 0 Å². The molecule has 1 aromatic rings. The highest BCUT2D eigenvalue weighted by molar-refractivity contribution is 6.58. The molecule has 122 valence electrons. The van der Waals surface area contributed by atoms with E-state index >= 15 is 0 Å². The van der Waals surface area contributed by atoms with Crippen molar-refractivity contribution in [2.24, 2.45) is 0 Å². The van der Waals surface area contributed by atoms with E-state index in [0.29, 0.717) is 6.42 Å². The second kappa shape index (κ2) is 7.62. The summed E-state index contributed by atoms with van der Waals surface area (Å²) in [5, 5.41) is -0.754. The Labute approximate surface area is 143 Å². The largest absolute Gasteiger partial charge is 0.464 e. The van der Waals surface area contributed by atoms with E-state index in [9.17, 15) is 14.4 Å². The maximum atomic E-state index is 12.3. The van der Waals surface area contributed by atoms with Gasteiger partial charge >= 0.3 is 5.97 Å². The van der Waals surface area contributed by atoms with Gasteiger partial charge < -0.3 is 4.74 Å². The zero-order valence-corrected chi connectivity index (χ0v) is 13.9. The molecular formula is C16H15Cl2NO4. The Morgan fingerprint density at radius 3 is 2.22 bits per heavy atom. The Kier molecular flexibility index (Phi) is 5.80. The summed E-state index contributed by atoms with van der Waals surface area (Å²) in [7, 11) is 0. The molecule has 1 atom stereocenters. The van der Waals surface area contributed by atoms with E-state index in [1.54, 1.807) is 24.3 Å². The zero-order chi connectivity index (χ0) is 17.0. The van der Waals surface area contributed by atoms with Gasteiger partial charge in [0.25, 0.3) is 11.8 Å². The van der Waals surface area contributed by atoms with Crippen LogP contribution in [0.2, 0.25) is 0 Å². The van der Waals surface area contributed by atoms with E-state index in [1.807, 2.05) is 13.0 Å². The Morgan fingerprint density at radius 2 is 1.70 bits per heavy atom. The van der Waals surface area contributed by atoms with Crippen LogP contribution in [0.5, 0.6) is 0 Å². The Balaban J connectivity index is 2.29. The second-order valence-electron chi connectivity index (χ2n) is 4.98. The summed E-state index contributed by atoms with van der Waals surface area (Å²) in [4.78, 5) is 37.4. The van der Waals surface area contributed by atoms with Crippen molar-refractivity contribution in [2.75, 3.05) is 6.61 Å². The van der Waals surface area contributed by atoms with Crippen molar-refractivity contribution in [3.63, 3.8) is 0 Å². The first-order valence-electron chi connectivity index (χ1n) is 7.11. The average molecular weight is 356 g/mol. The summed E-state index contributed by atoms with van der Waals surface area (Å²) >= 11 is 11.5. The Bertz CT molecular complexity index is 633. The van der Waals surface area contributed by atoms with Crippen LogP contribution in [-0.2, 0) is 25.5 Å². The number of halogens is 2. The van der Waals surface area contributed by atoms with E-state index in [1.165, 1.54) is 0 Å². The number of amides is 2. The molecule has 0 saturated heterocycles. The highest BCUT2D eigenvalue weighted by Crippen LogP contribution is 2.29. The van der Waals surface area contributed by atoms with Gasteiger partial charge in [0.15, 0.2) is 0 Å². The van der Waals surface area contributed by atoms with Crippen molar-refractivity contribution in [3.05, 3.63) is 46.0 Å². The molecule has 1 aromatic carbocycles. The third kappa shape index (κ3) is 3.74. The van der Waals surface area contributed by atoms with Crippen LogP contribution in [0.25, 0.3) is 0 Å². The molecule has 7 heteroatoms. The van der Waals surface area contributed by atoms with Crippen molar-refractivity contribution in [1.29, 1.82) is 0 Å². The molecule has 1 aliphatic rings. The molecule has 0 bridgehead atoms. The van der Waals surface area contributed by atoms with Gasteiger partial charge in [0, 0.05) is 6.42 Å². The minimum absolute atomic E-state index is 0.134. The predicted molar refractivity (Wildman–Crippen MR) is 85.8 cm³/mol. The summed E-state index contributed by atoms with van der Waals surface area (Å²) in [5.41, 5.74) is 0.783.